The first kappa shape index (κ1) is 12.9. The van der Waals surface area contributed by atoms with Gasteiger partial charge in [0.15, 0.2) is 4.47 Å². The van der Waals surface area contributed by atoms with Gasteiger partial charge >= 0.3 is 5.97 Å². The van der Waals surface area contributed by atoms with Crippen LogP contribution in [0.15, 0.2) is 30.5 Å². The second kappa shape index (κ2) is 5.84. The minimum absolute atomic E-state index is 0.348. The molecule has 0 aliphatic carbocycles. The Morgan fingerprint density at radius 2 is 2.39 bits per heavy atom. The number of nitrogens with zero attached hydrogens (tertiary/aromatic N) is 1. The molecule has 0 atom stereocenters. The fraction of sp³-hybridized carbons (Fsp3) is 0.167. The molecule has 94 valence electrons. The molecule has 1 aromatic carbocycles. The van der Waals surface area contributed by atoms with E-state index < -0.39 is 0 Å². The van der Waals surface area contributed by atoms with E-state index in [1.165, 1.54) is 18.4 Å². The predicted molar refractivity (Wildman–Crippen MR) is 72.2 cm³/mol. The standard InChI is InChI=1S/C12H11ClN2O2S/c1-17-11(16)8-3-2-4-9(5-8)14-6-10-7-15-12(13)18-10/h2-5,7,14H,6H2,1H3. The number of hydrogen-bond acceptors (Lipinski definition) is 5. The van der Waals surface area contributed by atoms with E-state index in [-0.39, 0.29) is 5.97 Å². The maximum atomic E-state index is 11.4. The highest BCUT2D eigenvalue weighted by Crippen LogP contribution is 2.19. The molecule has 0 unspecified atom stereocenters. The first-order valence-electron chi connectivity index (χ1n) is 5.21. The Balaban J connectivity index is 2.03. The molecule has 0 amide bonds. The number of hydrogen-bond donors (Lipinski definition) is 1. The summed E-state index contributed by atoms with van der Waals surface area (Å²) < 4.78 is 5.19. The van der Waals surface area contributed by atoms with Crippen molar-refractivity contribution in [2.45, 2.75) is 6.54 Å². The number of methoxy groups -OCH3 is 1. The summed E-state index contributed by atoms with van der Waals surface area (Å²) >= 11 is 7.17. The molecule has 2 aromatic rings. The van der Waals surface area contributed by atoms with Crippen LogP contribution in [0, 0.1) is 0 Å². The number of esters is 1. The van der Waals surface area contributed by atoms with Gasteiger partial charge in [0.1, 0.15) is 0 Å². The van der Waals surface area contributed by atoms with E-state index in [0.717, 1.165) is 10.6 Å². The average Bonchev–Trinajstić information content (AvgIpc) is 2.81. The summed E-state index contributed by atoms with van der Waals surface area (Å²) in [5, 5.41) is 3.20. The number of rotatable bonds is 4. The first-order valence-corrected chi connectivity index (χ1v) is 6.41. The molecule has 1 aromatic heterocycles. The van der Waals surface area contributed by atoms with E-state index in [1.807, 2.05) is 6.07 Å². The van der Waals surface area contributed by atoms with Crippen molar-refractivity contribution in [1.29, 1.82) is 0 Å². The lowest BCUT2D eigenvalue weighted by molar-refractivity contribution is 0.0601. The van der Waals surface area contributed by atoms with Gasteiger partial charge in [0, 0.05) is 16.8 Å². The van der Waals surface area contributed by atoms with Crippen molar-refractivity contribution < 1.29 is 9.53 Å². The minimum Gasteiger partial charge on any atom is -0.465 e. The highest BCUT2D eigenvalue weighted by molar-refractivity contribution is 7.15. The summed E-state index contributed by atoms with van der Waals surface area (Å²) in [6.45, 7) is 0.620. The molecule has 0 saturated heterocycles. The Hall–Kier alpha value is -1.59. The topological polar surface area (TPSA) is 51.2 Å². The Morgan fingerprint density at radius 3 is 3.06 bits per heavy atom. The monoisotopic (exact) mass is 282 g/mol. The molecule has 0 aliphatic heterocycles. The van der Waals surface area contributed by atoms with E-state index in [0.29, 0.717) is 16.6 Å². The Labute approximate surface area is 114 Å². The molecule has 1 heterocycles. The van der Waals surface area contributed by atoms with Gasteiger partial charge in [-0.1, -0.05) is 17.7 Å². The van der Waals surface area contributed by atoms with Gasteiger partial charge in [-0.05, 0) is 18.2 Å². The summed E-state index contributed by atoms with van der Waals surface area (Å²) in [5.74, 6) is -0.348. The zero-order valence-corrected chi connectivity index (χ0v) is 11.2. The minimum atomic E-state index is -0.348. The second-order valence-electron chi connectivity index (χ2n) is 3.51. The molecule has 0 aliphatic rings. The lowest BCUT2D eigenvalue weighted by Gasteiger charge is -2.06. The van der Waals surface area contributed by atoms with Crippen molar-refractivity contribution in [3.63, 3.8) is 0 Å². The van der Waals surface area contributed by atoms with Gasteiger partial charge in [0.25, 0.3) is 0 Å². The highest BCUT2D eigenvalue weighted by atomic mass is 35.5. The summed E-state index contributed by atoms with van der Waals surface area (Å²) in [6, 6.07) is 7.14. The van der Waals surface area contributed by atoms with Crippen LogP contribution in [-0.4, -0.2) is 18.1 Å². The summed E-state index contributed by atoms with van der Waals surface area (Å²) in [7, 11) is 1.36. The Bertz CT molecular complexity index is 557. The third-order valence-electron chi connectivity index (χ3n) is 2.28. The van der Waals surface area contributed by atoms with Gasteiger partial charge in [-0.25, -0.2) is 9.78 Å². The lowest BCUT2D eigenvalue weighted by Crippen LogP contribution is -2.03. The van der Waals surface area contributed by atoms with Crippen LogP contribution in [0.2, 0.25) is 4.47 Å². The average molecular weight is 283 g/mol. The lowest BCUT2D eigenvalue weighted by atomic mass is 10.2. The van der Waals surface area contributed by atoms with Crippen molar-refractivity contribution in [2.24, 2.45) is 0 Å². The summed E-state index contributed by atoms with van der Waals surface area (Å²) in [6.07, 6.45) is 1.73. The number of thiazole rings is 1. The molecule has 0 radical (unpaired) electrons. The second-order valence-corrected chi connectivity index (χ2v) is 5.20. The molecule has 1 N–H and O–H groups in total. The SMILES string of the molecule is COC(=O)c1cccc(NCc2cnc(Cl)s2)c1. The zero-order valence-electron chi connectivity index (χ0n) is 9.64. The van der Waals surface area contributed by atoms with Gasteiger partial charge < -0.3 is 10.1 Å². The fourth-order valence-corrected chi connectivity index (χ4v) is 2.35. The maximum absolute atomic E-state index is 11.4. The fourth-order valence-electron chi connectivity index (χ4n) is 1.43. The molecular formula is C12H11ClN2O2S. The summed E-state index contributed by atoms with van der Waals surface area (Å²) in [4.78, 5) is 16.4. The van der Waals surface area contributed by atoms with Crippen LogP contribution in [0.5, 0.6) is 0 Å². The molecule has 18 heavy (non-hydrogen) atoms. The van der Waals surface area contributed by atoms with Gasteiger partial charge in [-0.15, -0.1) is 11.3 Å². The van der Waals surface area contributed by atoms with Crippen LogP contribution < -0.4 is 5.32 Å². The summed E-state index contributed by atoms with van der Waals surface area (Å²) in [5.41, 5.74) is 1.37. The van der Waals surface area contributed by atoms with Crippen molar-refractivity contribution in [2.75, 3.05) is 12.4 Å². The van der Waals surface area contributed by atoms with Crippen LogP contribution in [0.25, 0.3) is 0 Å². The third kappa shape index (κ3) is 3.21. The number of benzene rings is 1. The van der Waals surface area contributed by atoms with Gasteiger partial charge in [-0.2, -0.15) is 0 Å². The molecule has 2 rings (SSSR count). The number of carbonyl (C=O) groups is 1. The predicted octanol–water partition coefficient (Wildman–Crippen LogP) is 3.20. The largest absolute Gasteiger partial charge is 0.465 e. The first-order chi connectivity index (χ1) is 8.69. The smallest absolute Gasteiger partial charge is 0.337 e. The molecule has 4 nitrogen and oxygen atoms in total. The van der Waals surface area contributed by atoms with E-state index >= 15 is 0 Å². The number of anilines is 1. The van der Waals surface area contributed by atoms with Gasteiger partial charge in [0.05, 0.1) is 19.2 Å². The van der Waals surface area contributed by atoms with Crippen LogP contribution in [-0.2, 0) is 11.3 Å². The maximum Gasteiger partial charge on any atom is 0.337 e. The van der Waals surface area contributed by atoms with Gasteiger partial charge in [-0.3, -0.25) is 0 Å². The Kier molecular flexibility index (Phi) is 4.17. The zero-order chi connectivity index (χ0) is 13.0. The van der Waals surface area contributed by atoms with E-state index in [2.05, 4.69) is 15.0 Å². The Morgan fingerprint density at radius 1 is 1.56 bits per heavy atom. The quantitative estimate of drug-likeness (QED) is 0.875. The van der Waals surface area contributed by atoms with E-state index in [4.69, 9.17) is 11.6 Å². The molecule has 0 saturated carbocycles. The van der Waals surface area contributed by atoms with E-state index in [1.54, 1.807) is 24.4 Å². The van der Waals surface area contributed by atoms with Crippen molar-refractivity contribution in [3.05, 3.63) is 45.4 Å². The number of ether oxygens (including phenoxy) is 1. The highest BCUT2D eigenvalue weighted by Gasteiger charge is 2.05. The normalized spacial score (nSPS) is 10.1. The van der Waals surface area contributed by atoms with Crippen LogP contribution in [0.3, 0.4) is 0 Å². The van der Waals surface area contributed by atoms with Crippen LogP contribution in [0.1, 0.15) is 15.2 Å². The number of carbonyl (C=O) groups excluding carboxylic acids is 1. The van der Waals surface area contributed by atoms with Crippen molar-refractivity contribution in [3.8, 4) is 0 Å². The molecule has 6 heteroatoms. The van der Waals surface area contributed by atoms with Crippen LogP contribution >= 0.6 is 22.9 Å². The van der Waals surface area contributed by atoms with Crippen molar-refractivity contribution >= 4 is 34.6 Å². The number of nitrogens with one attached hydrogen (secondary N) is 1. The van der Waals surface area contributed by atoms with Crippen molar-refractivity contribution in [1.82, 2.24) is 4.98 Å². The molecule has 0 bridgehead atoms. The van der Waals surface area contributed by atoms with Crippen LogP contribution in [0.4, 0.5) is 5.69 Å². The third-order valence-corrected chi connectivity index (χ3v) is 3.39. The number of aromatic nitrogens is 1. The molecule has 0 spiro atoms. The van der Waals surface area contributed by atoms with Gasteiger partial charge in [0.2, 0.25) is 0 Å². The molecular weight excluding hydrogens is 272 g/mol. The van der Waals surface area contributed by atoms with E-state index in [9.17, 15) is 4.79 Å². The number of halogens is 1. The molecule has 0 fully saturated rings.